The minimum atomic E-state index is -1.18. The van der Waals surface area contributed by atoms with Crippen molar-refractivity contribution in [1.29, 1.82) is 0 Å². The van der Waals surface area contributed by atoms with Crippen LogP contribution in [-0.4, -0.2) is 41.8 Å². The number of hydrogen-bond donors (Lipinski definition) is 2. The van der Waals surface area contributed by atoms with E-state index in [1.807, 2.05) is 23.6 Å². The lowest BCUT2D eigenvalue weighted by atomic mass is 10.1. The van der Waals surface area contributed by atoms with E-state index in [1.54, 1.807) is 0 Å². The molecule has 0 saturated carbocycles. The van der Waals surface area contributed by atoms with Gasteiger partial charge in [0.25, 0.3) is 0 Å². The van der Waals surface area contributed by atoms with Gasteiger partial charge in [-0.15, -0.1) is 0 Å². The van der Waals surface area contributed by atoms with Gasteiger partial charge in [-0.05, 0) is 41.6 Å². The van der Waals surface area contributed by atoms with Gasteiger partial charge >= 0.3 is 5.97 Å². The molecular weight excluding hydrogens is 409 g/mol. The molecule has 1 aromatic carbocycles. The quantitative estimate of drug-likeness (QED) is 0.731. The van der Waals surface area contributed by atoms with E-state index in [2.05, 4.69) is 32.8 Å². The molecule has 0 aliphatic carbocycles. The first-order valence-corrected chi connectivity index (χ1v) is 8.66. The average Bonchev–Trinajstić information content (AvgIpc) is 2.55. The molecule has 0 unspecified atom stereocenters. The van der Waals surface area contributed by atoms with Gasteiger partial charge in [-0.3, -0.25) is 4.79 Å². The number of halogens is 1. The standard InChI is InChI=1S/C16H18IN3O3/c1-2-19-9-11(16(22)23)15(21)10-7-12(17)14(8-13(10)19)20-5-3-18-4-6-20/h7-9,18H,2-6H2,1H3,(H,22,23). The van der Waals surface area contributed by atoms with Gasteiger partial charge < -0.3 is 19.9 Å². The number of carboxylic acid groups (broad SMARTS) is 1. The van der Waals surface area contributed by atoms with Gasteiger partial charge in [-0.1, -0.05) is 0 Å². The van der Waals surface area contributed by atoms with Gasteiger partial charge in [-0.25, -0.2) is 4.79 Å². The van der Waals surface area contributed by atoms with Crippen molar-refractivity contribution in [3.8, 4) is 0 Å². The van der Waals surface area contributed by atoms with E-state index in [-0.39, 0.29) is 5.56 Å². The normalized spacial score (nSPS) is 15.1. The fraction of sp³-hybridized carbons (Fsp3) is 0.375. The SMILES string of the molecule is CCn1cc(C(=O)O)c(=O)c2cc(I)c(N3CCNCC3)cc21. The van der Waals surface area contributed by atoms with E-state index in [4.69, 9.17) is 0 Å². The maximum atomic E-state index is 12.5. The zero-order valence-electron chi connectivity index (χ0n) is 12.8. The summed E-state index contributed by atoms with van der Waals surface area (Å²) in [5.74, 6) is -1.18. The number of carboxylic acids is 1. The lowest BCUT2D eigenvalue weighted by Crippen LogP contribution is -2.43. The van der Waals surface area contributed by atoms with Crippen molar-refractivity contribution >= 4 is 45.2 Å². The van der Waals surface area contributed by atoms with Gasteiger partial charge in [0.15, 0.2) is 0 Å². The second-order valence-electron chi connectivity index (χ2n) is 5.52. The van der Waals surface area contributed by atoms with Crippen molar-refractivity contribution in [3.63, 3.8) is 0 Å². The predicted molar refractivity (Wildman–Crippen MR) is 98.6 cm³/mol. The summed E-state index contributed by atoms with van der Waals surface area (Å²) in [5, 5.41) is 13.0. The van der Waals surface area contributed by atoms with Gasteiger partial charge in [0.05, 0.1) is 11.2 Å². The number of piperazine rings is 1. The van der Waals surface area contributed by atoms with Crippen LogP contribution in [-0.2, 0) is 6.54 Å². The Morgan fingerprint density at radius 3 is 2.65 bits per heavy atom. The number of hydrogen-bond acceptors (Lipinski definition) is 4. The summed E-state index contributed by atoms with van der Waals surface area (Å²) in [4.78, 5) is 26.1. The molecule has 7 heteroatoms. The number of nitrogens with one attached hydrogen (secondary N) is 1. The molecule has 0 spiro atoms. The molecule has 0 radical (unpaired) electrons. The molecule has 2 heterocycles. The van der Waals surface area contributed by atoms with Gasteiger partial charge in [0.2, 0.25) is 5.43 Å². The van der Waals surface area contributed by atoms with E-state index in [1.165, 1.54) is 6.20 Å². The third kappa shape index (κ3) is 2.94. The van der Waals surface area contributed by atoms with Crippen LogP contribution in [0.2, 0.25) is 0 Å². The van der Waals surface area contributed by atoms with E-state index >= 15 is 0 Å². The Kier molecular flexibility index (Phi) is 4.58. The first-order chi connectivity index (χ1) is 11.0. The molecule has 0 atom stereocenters. The molecule has 0 amide bonds. The zero-order chi connectivity index (χ0) is 16.6. The number of carbonyl (C=O) groups is 1. The molecule has 0 bridgehead atoms. The number of fused-ring (bicyclic) bond motifs is 1. The van der Waals surface area contributed by atoms with E-state index < -0.39 is 11.4 Å². The topological polar surface area (TPSA) is 74.6 Å². The number of benzene rings is 1. The van der Waals surface area contributed by atoms with Crippen LogP contribution in [0.4, 0.5) is 5.69 Å². The first kappa shape index (κ1) is 16.3. The fourth-order valence-electron chi connectivity index (χ4n) is 2.96. The molecule has 1 aromatic heterocycles. The van der Waals surface area contributed by atoms with Crippen LogP contribution in [0.3, 0.4) is 0 Å². The molecule has 1 aliphatic rings. The molecule has 23 heavy (non-hydrogen) atoms. The average molecular weight is 427 g/mol. The van der Waals surface area contributed by atoms with Crippen molar-refractivity contribution in [2.24, 2.45) is 0 Å². The molecule has 6 nitrogen and oxygen atoms in total. The Morgan fingerprint density at radius 1 is 1.35 bits per heavy atom. The maximum Gasteiger partial charge on any atom is 0.341 e. The maximum absolute atomic E-state index is 12.5. The first-order valence-electron chi connectivity index (χ1n) is 7.58. The minimum absolute atomic E-state index is 0.176. The largest absolute Gasteiger partial charge is 0.477 e. The summed E-state index contributed by atoms with van der Waals surface area (Å²) in [6.45, 7) is 6.27. The van der Waals surface area contributed by atoms with E-state index in [0.717, 1.165) is 41.0 Å². The van der Waals surface area contributed by atoms with Crippen molar-refractivity contribution in [2.75, 3.05) is 31.1 Å². The Morgan fingerprint density at radius 2 is 2.04 bits per heavy atom. The second kappa shape index (κ2) is 6.48. The smallest absolute Gasteiger partial charge is 0.341 e. The van der Waals surface area contributed by atoms with Crippen molar-refractivity contribution in [3.05, 3.63) is 37.7 Å². The number of nitrogens with zero attached hydrogens (tertiary/aromatic N) is 2. The Hall–Kier alpha value is -1.61. The summed E-state index contributed by atoms with van der Waals surface area (Å²) in [6.07, 6.45) is 1.45. The predicted octanol–water partition coefficient (Wildman–Crippen LogP) is 1.73. The number of aromatic nitrogens is 1. The van der Waals surface area contributed by atoms with Crippen molar-refractivity contribution in [1.82, 2.24) is 9.88 Å². The molecule has 1 saturated heterocycles. The molecule has 2 aromatic rings. The van der Waals surface area contributed by atoms with Gasteiger partial charge in [-0.2, -0.15) is 0 Å². The van der Waals surface area contributed by atoms with Crippen LogP contribution in [0.5, 0.6) is 0 Å². The number of aromatic carboxylic acids is 1. The summed E-state index contributed by atoms with van der Waals surface area (Å²) in [7, 11) is 0. The molecule has 2 N–H and O–H groups in total. The molecule has 1 aliphatic heterocycles. The van der Waals surface area contributed by atoms with E-state index in [9.17, 15) is 14.7 Å². The highest BCUT2D eigenvalue weighted by Crippen LogP contribution is 2.28. The summed E-state index contributed by atoms with van der Waals surface area (Å²) < 4.78 is 2.81. The highest BCUT2D eigenvalue weighted by molar-refractivity contribution is 14.1. The third-order valence-electron chi connectivity index (χ3n) is 4.18. The summed E-state index contributed by atoms with van der Waals surface area (Å²) in [6, 6.07) is 3.83. The molecular formula is C16H18IN3O3. The van der Waals surface area contributed by atoms with Crippen LogP contribution >= 0.6 is 22.6 Å². The lowest BCUT2D eigenvalue weighted by molar-refractivity contribution is 0.0695. The number of rotatable bonds is 3. The molecule has 122 valence electrons. The number of pyridine rings is 1. The monoisotopic (exact) mass is 427 g/mol. The van der Waals surface area contributed by atoms with Crippen LogP contribution in [0.25, 0.3) is 10.9 Å². The lowest BCUT2D eigenvalue weighted by Gasteiger charge is -2.30. The highest BCUT2D eigenvalue weighted by atomic mass is 127. The Labute approximate surface area is 147 Å². The van der Waals surface area contributed by atoms with Crippen LogP contribution in [0.15, 0.2) is 23.1 Å². The molecule has 1 fully saturated rings. The van der Waals surface area contributed by atoms with Gasteiger partial charge in [0.1, 0.15) is 5.56 Å². The third-order valence-corrected chi connectivity index (χ3v) is 5.04. The minimum Gasteiger partial charge on any atom is -0.477 e. The van der Waals surface area contributed by atoms with Crippen LogP contribution in [0, 0.1) is 3.57 Å². The second-order valence-corrected chi connectivity index (χ2v) is 6.68. The summed E-state index contributed by atoms with van der Waals surface area (Å²) in [5.41, 5.74) is 1.30. The zero-order valence-corrected chi connectivity index (χ0v) is 15.0. The van der Waals surface area contributed by atoms with Crippen molar-refractivity contribution in [2.45, 2.75) is 13.5 Å². The Balaban J connectivity index is 2.24. The summed E-state index contributed by atoms with van der Waals surface area (Å²) >= 11 is 2.22. The van der Waals surface area contributed by atoms with Crippen LogP contribution in [0.1, 0.15) is 17.3 Å². The van der Waals surface area contributed by atoms with Crippen molar-refractivity contribution < 1.29 is 9.90 Å². The number of anilines is 1. The highest BCUT2D eigenvalue weighted by Gasteiger charge is 2.19. The molecule has 3 rings (SSSR count). The number of aryl methyl sites for hydroxylation is 1. The van der Waals surface area contributed by atoms with Crippen LogP contribution < -0.4 is 15.6 Å². The fourth-order valence-corrected chi connectivity index (χ4v) is 3.77. The van der Waals surface area contributed by atoms with E-state index in [0.29, 0.717) is 11.9 Å². The van der Waals surface area contributed by atoms with Gasteiger partial charge in [0, 0.05) is 47.9 Å². The Bertz CT molecular complexity index is 825.